The van der Waals surface area contributed by atoms with Crippen molar-refractivity contribution < 1.29 is 0 Å². The molecule has 5 heteroatoms. The first-order valence-electron chi connectivity index (χ1n) is 6.63. The van der Waals surface area contributed by atoms with Crippen molar-refractivity contribution in [3.05, 3.63) is 11.8 Å². The van der Waals surface area contributed by atoms with Crippen LogP contribution < -0.4 is 11.1 Å². The van der Waals surface area contributed by atoms with Crippen LogP contribution in [0.3, 0.4) is 0 Å². The number of likely N-dealkylation sites (tertiary alicyclic amines) is 1. The van der Waals surface area contributed by atoms with Crippen molar-refractivity contribution in [1.29, 1.82) is 0 Å². The van der Waals surface area contributed by atoms with E-state index in [0.29, 0.717) is 17.9 Å². The minimum Gasteiger partial charge on any atom is -0.370 e. The van der Waals surface area contributed by atoms with Crippen LogP contribution in [0.25, 0.3) is 0 Å². The number of anilines is 2. The van der Waals surface area contributed by atoms with Crippen LogP contribution >= 0.6 is 0 Å². The Morgan fingerprint density at radius 3 is 2.89 bits per heavy atom. The zero-order valence-corrected chi connectivity index (χ0v) is 11.5. The zero-order valence-electron chi connectivity index (χ0n) is 11.5. The Balaban J connectivity index is 1.85. The summed E-state index contributed by atoms with van der Waals surface area (Å²) in [6.07, 6.45) is 1.25. The molecule has 0 aromatic carbocycles. The van der Waals surface area contributed by atoms with Gasteiger partial charge in [0.25, 0.3) is 0 Å². The molecule has 2 heterocycles. The summed E-state index contributed by atoms with van der Waals surface area (Å²) in [6.45, 7) is 9.77. The molecule has 0 saturated carbocycles. The van der Waals surface area contributed by atoms with Gasteiger partial charge in [0.2, 0.25) is 5.95 Å². The molecule has 2 rings (SSSR count). The van der Waals surface area contributed by atoms with E-state index >= 15 is 0 Å². The smallest absolute Gasteiger partial charge is 0.222 e. The van der Waals surface area contributed by atoms with Gasteiger partial charge in [-0.25, -0.2) is 4.98 Å². The van der Waals surface area contributed by atoms with Crippen molar-refractivity contribution in [2.45, 2.75) is 33.2 Å². The van der Waals surface area contributed by atoms with Gasteiger partial charge < -0.3 is 16.0 Å². The second-order valence-corrected chi connectivity index (χ2v) is 5.38. The molecule has 1 unspecified atom stereocenters. The lowest BCUT2D eigenvalue weighted by Crippen LogP contribution is -2.29. The lowest BCUT2D eigenvalue weighted by atomic mass is 10.1. The van der Waals surface area contributed by atoms with Crippen LogP contribution in [0.15, 0.2) is 6.07 Å². The molecule has 1 saturated heterocycles. The number of nitrogens with two attached hydrogens (primary N) is 1. The van der Waals surface area contributed by atoms with Crippen molar-refractivity contribution >= 4 is 11.8 Å². The Morgan fingerprint density at radius 1 is 1.50 bits per heavy atom. The maximum atomic E-state index is 5.63. The Morgan fingerprint density at radius 2 is 2.28 bits per heavy atom. The van der Waals surface area contributed by atoms with E-state index in [1.54, 1.807) is 0 Å². The van der Waals surface area contributed by atoms with Crippen molar-refractivity contribution in [2.75, 3.05) is 30.7 Å². The predicted octanol–water partition coefficient (Wildman–Crippen LogP) is 1.51. The highest BCUT2D eigenvalue weighted by atomic mass is 15.2. The van der Waals surface area contributed by atoms with Gasteiger partial charge in [0.05, 0.1) is 0 Å². The molecule has 0 aliphatic carbocycles. The molecule has 1 aliphatic rings. The van der Waals surface area contributed by atoms with Crippen molar-refractivity contribution in [3.63, 3.8) is 0 Å². The lowest BCUT2D eigenvalue weighted by Gasteiger charge is -2.20. The van der Waals surface area contributed by atoms with E-state index in [1.807, 2.05) is 13.0 Å². The molecule has 0 amide bonds. The Hall–Kier alpha value is -1.36. The third-order valence-corrected chi connectivity index (χ3v) is 3.49. The quantitative estimate of drug-likeness (QED) is 0.846. The molecule has 5 nitrogen and oxygen atoms in total. The highest BCUT2D eigenvalue weighted by molar-refractivity contribution is 5.40. The summed E-state index contributed by atoms with van der Waals surface area (Å²) >= 11 is 0. The zero-order chi connectivity index (χ0) is 13.1. The van der Waals surface area contributed by atoms with Gasteiger partial charge in [-0.1, -0.05) is 0 Å². The molecule has 0 radical (unpaired) electrons. The summed E-state index contributed by atoms with van der Waals surface area (Å²) < 4.78 is 0. The van der Waals surface area contributed by atoms with Gasteiger partial charge in [0, 0.05) is 30.9 Å². The molecule has 1 aliphatic heterocycles. The average Bonchev–Trinajstić information content (AvgIpc) is 2.73. The van der Waals surface area contributed by atoms with Gasteiger partial charge in [0.15, 0.2) is 0 Å². The molecule has 1 fully saturated rings. The molecule has 100 valence electrons. The standard InChI is InChI=1S/C13H23N5/c1-9(2)18-5-4-11(8-18)7-15-12-6-10(3)16-13(14)17-12/h6,9,11H,4-5,7-8H2,1-3H3,(H3,14,15,16,17). The summed E-state index contributed by atoms with van der Waals surface area (Å²) in [5, 5.41) is 3.37. The van der Waals surface area contributed by atoms with Crippen LogP contribution in [0, 0.1) is 12.8 Å². The van der Waals surface area contributed by atoms with E-state index < -0.39 is 0 Å². The first-order chi connectivity index (χ1) is 8.54. The number of rotatable bonds is 4. The first kappa shape index (κ1) is 13.1. The van der Waals surface area contributed by atoms with E-state index in [-0.39, 0.29) is 0 Å². The molecule has 0 bridgehead atoms. The van der Waals surface area contributed by atoms with Crippen LogP contribution in [-0.2, 0) is 0 Å². The predicted molar refractivity (Wildman–Crippen MR) is 74.5 cm³/mol. The van der Waals surface area contributed by atoms with E-state index in [0.717, 1.165) is 18.1 Å². The fourth-order valence-corrected chi connectivity index (χ4v) is 2.43. The van der Waals surface area contributed by atoms with Gasteiger partial charge in [-0.15, -0.1) is 0 Å². The third kappa shape index (κ3) is 3.32. The molecule has 18 heavy (non-hydrogen) atoms. The van der Waals surface area contributed by atoms with Gasteiger partial charge in [0.1, 0.15) is 5.82 Å². The highest BCUT2D eigenvalue weighted by Crippen LogP contribution is 2.19. The topological polar surface area (TPSA) is 67.1 Å². The number of nitrogen functional groups attached to an aromatic ring is 1. The first-order valence-corrected chi connectivity index (χ1v) is 6.63. The van der Waals surface area contributed by atoms with Crippen LogP contribution in [-0.4, -0.2) is 40.5 Å². The summed E-state index contributed by atoms with van der Waals surface area (Å²) in [6, 6.07) is 2.58. The number of aryl methyl sites for hydroxylation is 1. The number of nitrogens with one attached hydrogen (secondary N) is 1. The second kappa shape index (κ2) is 5.52. The number of nitrogens with zero attached hydrogens (tertiary/aromatic N) is 3. The minimum absolute atomic E-state index is 0.340. The van der Waals surface area contributed by atoms with Crippen molar-refractivity contribution in [2.24, 2.45) is 5.92 Å². The molecular weight excluding hydrogens is 226 g/mol. The minimum atomic E-state index is 0.340. The summed E-state index contributed by atoms with van der Waals surface area (Å²) in [7, 11) is 0. The fraction of sp³-hybridized carbons (Fsp3) is 0.692. The average molecular weight is 249 g/mol. The van der Waals surface area contributed by atoms with Crippen LogP contribution in [0.4, 0.5) is 11.8 Å². The van der Waals surface area contributed by atoms with Gasteiger partial charge in [-0.05, 0) is 39.7 Å². The normalized spacial score (nSPS) is 20.6. The maximum absolute atomic E-state index is 5.63. The van der Waals surface area contributed by atoms with E-state index in [9.17, 15) is 0 Å². The summed E-state index contributed by atoms with van der Waals surface area (Å²) in [5.74, 6) is 1.87. The van der Waals surface area contributed by atoms with Crippen LogP contribution in [0.1, 0.15) is 26.0 Å². The summed E-state index contributed by atoms with van der Waals surface area (Å²) in [4.78, 5) is 10.8. The maximum Gasteiger partial charge on any atom is 0.222 e. The Kier molecular flexibility index (Phi) is 4.01. The SMILES string of the molecule is Cc1cc(NCC2CCN(C(C)C)C2)nc(N)n1. The fourth-order valence-electron chi connectivity index (χ4n) is 2.43. The molecule has 3 N–H and O–H groups in total. The molecular formula is C13H23N5. The van der Waals surface area contributed by atoms with E-state index in [4.69, 9.17) is 5.73 Å². The van der Waals surface area contributed by atoms with Crippen LogP contribution in [0.5, 0.6) is 0 Å². The number of hydrogen-bond acceptors (Lipinski definition) is 5. The lowest BCUT2D eigenvalue weighted by molar-refractivity contribution is 0.266. The van der Waals surface area contributed by atoms with Crippen molar-refractivity contribution in [3.8, 4) is 0 Å². The number of hydrogen-bond donors (Lipinski definition) is 2. The Bertz CT molecular complexity index is 384. The second-order valence-electron chi connectivity index (χ2n) is 5.38. The third-order valence-electron chi connectivity index (χ3n) is 3.49. The largest absolute Gasteiger partial charge is 0.370 e. The van der Waals surface area contributed by atoms with Gasteiger partial charge in [-0.3, -0.25) is 0 Å². The number of aromatic nitrogens is 2. The monoisotopic (exact) mass is 249 g/mol. The molecule has 1 aromatic rings. The van der Waals surface area contributed by atoms with E-state index in [2.05, 4.69) is 34.0 Å². The van der Waals surface area contributed by atoms with Gasteiger partial charge >= 0.3 is 0 Å². The summed E-state index contributed by atoms with van der Waals surface area (Å²) in [5.41, 5.74) is 6.54. The van der Waals surface area contributed by atoms with Crippen molar-refractivity contribution in [1.82, 2.24) is 14.9 Å². The van der Waals surface area contributed by atoms with Crippen LogP contribution in [0.2, 0.25) is 0 Å². The molecule has 1 atom stereocenters. The van der Waals surface area contributed by atoms with E-state index in [1.165, 1.54) is 19.5 Å². The molecule has 0 spiro atoms. The van der Waals surface area contributed by atoms with Gasteiger partial charge in [-0.2, -0.15) is 4.98 Å². The highest BCUT2D eigenvalue weighted by Gasteiger charge is 2.23. The Labute approximate surface area is 109 Å². The molecule has 1 aromatic heterocycles.